The molecule has 0 atom stereocenters. The van der Waals surface area contributed by atoms with Gasteiger partial charge in [0.05, 0.1) is 23.9 Å². The van der Waals surface area contributed by atoms with Gasteiger partial charge in [-0.2, -0.15) is 0 Å². The highest BCUT2D eigenvalue weighted by atomic mass is 79.9. The lowest BCUT2D eigenvalue weighted by Gasteiger charge is -2.09. The Labute approximate surface area is 124 Å². The molecule has 3 nitrogen and oxygen atoms in total. The number of rotatable bonds is 2. The molecule has 0 aliphatic rings. The highest BCUT2D eigenvalue weighted by molar-refractivity contribution is 9.10. The van der Waals surface area contributed by atoms with Crippen molar-refractivity contribution < 1.29 is 4.39 Å². The summed E-state index contributed by atoms with van der Waals surface area (Å²) in [6.07, 6.45) is 3.45. The first kappa shape index (κ1) is 12.9. The number of aromatic nitrogens is 2. The maximum atomic E-state index is 13.3. The van der Waals surface area contributed by atoms with Gasteiger partial charge in [0.1, 0.15) is 5.82 Å². The molecule has 2 aromatic carbocycles. The van der Waals surface area contributed by atoms with Crippen LogP contribution in [0.25, 0.3) is 16.9 Å². The molecular weight excluding hydrogens is 321 g/mol. The van der Waals surface area contributed by atoms with Gasteiger partial charge < -0.3 is 5.73 Å². The van der Waals surface area contributed by atoms with Gasteiger partial charge in [0.2, 0.25) is 0 Å². The van der Waals surface area contributed by atoms with Crippen LogP contribution in [0.3, 0.4) is 0 Å². The molecule has 2 N–H and O–H groups in total. The second kappa shape index (κ2) is 5.09. The number of halogens is 2. The van der Waals surface area contributed by atoms with Crippen molar-refractivity contribution in [3.63, 3.8) is 0 Å². The van der Waals surface area contributed by atoms with E-state index in [1.165, 1.54) is 6.07 Å². The molecule has 20 heavy (non-hydrogen) atoms. The molecule has 0 fully saturated rings. The fourth-order valence-electron chi connectivity index (χ4n) is 2.02. The monoisotopic (exact) mass is 331 g/mol. The van der Waals surface area contributed by atoms with Crippen LogP contribution in [0.5, 0.6) is 0 Å². The standard InChI is InChI=1S/C15H11BrFN3/c16-11-3-1-10(2-4-11)15-8-19-9-20(15)12-5-6-13(17)14(18)7-12/h1-9H,18H2. The summed E-state index contributed by atoms with van der Waals surface area (Å²) in [5.74, 6) is -0.418. The molecule has 0 bridgehead atoms. The Kier molecular flexibility index (Phi) is 3.28. The Balaban J connectivity index is 2.10. The lowest BCUT2D eigenvalue weighted by Crippen LogP contribution is -1.98. The molecule has 100 valence electrons. The van der Waals surface area contributed by atoms with Crippen LogP contribution < -0.4 is 5.73 Å². The highest BCUT2D eigenvalue weighted by Crippen LogP contribution is 2.25. The minimum atomic E-state index is -0.418. The molecule has 3 rings (SSSR count). The molecule has 1 aromatic heterocycles. The van der Waals surface area contributed by atoms with Gasteiger partial charge in [-0.3, -0.25) is 4.57 Å². The molecule has 0 unspecified atom stereocenters. The fourth-order valence-corrected chi connectivity index (χ4v) is 2.28. The van der Waals surface area contributed by atoms with Crippen molar-refractivity contribution in [1.82, 2.24) is 9.55 Å². The first-order valence-corrected chi connectivity index (χ1v) is 6.78. The third-order valence-corrected chi connectivity index (χ3v) is 3.56. The number of benzene rings is 2. The molecule has 3 aromatic rings. The van der Waals surface area contributed by atoms with Crippen LogP contribution in [-0.4, -0.2) is 9.55 Å². The van der Waals surface area contributed by atoms with Crippen LogP contribution in [0, 0.1) is 5.82 Å². The zero-order chi connectivity index (χ0) is 14.1. The lowest BCUT2D eigenvalue weighted by molar-refractivity contribution is 0.632. The van der Waals surface area contributed by atoms with Crippen molar-refractivity contribution in [2.24, 2.45) is 0 Å². The maximum absolute atomic E-state index is 13.3. The second-order valence-electron chi connectivity index (χ2n) is 4.36. The van der Waals surface area contributed by atoms with Crippen LogP contribution >= 0.6 is 15.9 Å². The van der Waals surface area contributed by atoms with Gasteiger partial charge in [-0.15, -0.1) is 0 Å². The predicted molar refractivity (Wildman–Crippen MR) is 81.1 cm³/mol. The third-order valence-electron chi connectivity index (χ3n) is 3.04. The van der Waals surface area contributed by atoms with E-state index in [4.69, 9.17) is 5.73 Å². The van der Waals surface area contributed by atoms with E-state index >= 15 is 0 Å². The summed E-state index contributed by atoms with van der Waals surface area (Å²) in [4.78, 5) is 4.17. The first-order chi connectivity index (χ1) is 9.65. The Hall–Kier alpha value is -2.14. The van der Waals surface area contributed by atoms with Crippen molar-refractivity contribution in [3.05, 3.63) is 65.3 Å². The summed E-state index contributed by atoms with van der Waals surface area (Å²) in [7, 11) is 0. The van der Waals surface area contributed by atoms with Gasteiger partial charge in [-0.05, 0) is 30.3 Å². The minimum Gasteiger partial charge on any atom is -0.396 e. The van der Waals surface area contributed by atoms with Crippen molar-refractivity contribution in [1.29, 1.82) is 0 Å². The molecule has 0 radical (unpaired) electrons. The molecule has 0 spiro atoms. The number of hydrogen-bond acceptors (Lipinski definition) is 2. The van der Waals surface area contributed by atoms with E-state index in [0.717, 1.165) is 21.4 Å². The number of imidazole rings is 1. The van der Waals surface area contributed by atoms with E-state index in [1.54, 1.807) is 24.7 Å². The fraction of sp³-hybridized carbons (Fsp3) is 0. The Morgan fingerprint density at radius 2 is 1.85 bits per heavy atom. The van der Waals surface area contributed by atoms with E-state index in [-0.39, 0.29) is 5.69 Å². The smallest absolute Gasteiger partial charge is 0.146 e. The first-order valence-electron chi connectivity index (χ1n) is 5.99. The van der Waals surface area contributed by atoms with Crippen molar-refractivity contribution in [2.75, 3.05) is 5.73 Å². The Morgan fingerprint density at radius 3 is 2.55 bits per heavy atom. The van der Waals surface area contributed by atoms with Gasteiger partial charge in [0.25, 0.3) is 0 Å². The van der Waals surface area contributed by atoms with Crippen molar-refractivity contribution in [2.45, 2.75) is 0 Å². The topological polar surface area (TPSA) is 43.8 Å². The second-order valence-corrected chi connectivity index (χ2v) is 5.28. The van der Waals surface area contributed by atoms with Gasteiger partial charge in [-0.1, -0.05) is 28.1 Å². The molecule has 0 aliphatic carbocycles. The molecule has 0 saturated carbocycles. The molecule has 5 heteroatoms. The third kappa shape index (κ3) is 2.32. The molecule has 1 heterocycles. The summed E-state index contributed by atoms with van der Waals surface area (Å²) in [6.45, 7) is 0. The summed E-state index contributed by atoms with van der Waals surface area (Å²) in [5.41, 5.74) is 8.46. The Morgan fingerprint density at radius 1 is 1.10 bits per heavy atom. The molecule has 0 amide bonds. The Bertz CT molecular complexity index is 750. The van der Waals surface area contributed by atoms with Gasteiger partial charge in [0.15, 0.2) is 0 Å². The number of hydrogen-bond donors (Lipinski definition) is 1. The summed E-state index contributed by atoms with van der Waals surface area (Å²) in [6, 6.07) is 12.5. The maximum Gasteiger partial charge on any atom is 0.146 e. The summed E-state index contributed by atoms with van der Waals surface area (Å²) in [5, 5.41) is 0. The SMILES string of the molecule is Nc1cc(-n2cncc2-c2ccc(Br)cc2)ccc1F. The van der Waals surface area contributed by atoms with E-state index in [2.05, 4.69) is 20.9 Å². The van der Waals surface area contributed by atoms with Crippen LogP contribution in [0.4, 0.5) is 10.1 Å². The number of nitrogen functional groups attached to an aromatic ring is 1. The highest BCUT2D eigenvalue weighted by Gasteiger charge is 2.08. The van der Waals surface area contributed by atoms with E-state index in [1.807, 2.05) is 28.8 Å². The molecular formula is C15H11BrFN3. The normalized spacial score (nSPS) is 10.7. The van der Waals surface area contributed by atoms with E-state index in [9.17, 15) is 4.39 Å². The van der Waals surface area contributed by atoms with Crippen LogP contribution in [0.1, 0.15) is 0 Å². The number of anilines is 1. The van der Waals surface area contributed by atoms with Crippen molar-refractivity contribution in [3.8, 4) is 16.9 Å². The zero-order valence-corrected chi connectivity index (χ0v) is 12.0. The lowest BCUT2D eigenvalue weighted by atomic mass is 10.1. The van der Waals surface area contributed by atoms with E-state index in [0.29, 0.717) is 0 Å². The summed E-state index contributed by atoms with van der Waals surface area (Å²) < 4.78 is 16.1. The minimum absolute atomic E-state index is 0.123. The quantitative estimate of drug-likeness (QED) is 0.720. The predicted octanol–water partition coefficient (Wildman–Crippen LogP) is 4.02. The summed E-state index contributed by atoms with van der Waals surface area (Å²) >= 11 is 3.41. The molecule has 0 saturated heterocycles. The van der Waals surface area contributed by atoms with Crippen LogP contribution in [-0.2, 0) is 0 Å². The number of nitrogens with two attached hydrogens (primary N) is 1. The van der Waals surface area contributed by atoms with Gasteiger partial charge in [0, 0.05) is 15.7 Å². The van der Waals surface area contributed by atoms with E-state index < -0.39 is 5.82 Å². The van der Waals surface area contributed by atoms with Gasteiger partial charge in [-0.25, -0.2) is 9.37 Å². The largest absolute Gasteiger partial charge is 0.396 e. The number of nitrogens with zero attached hydrogens (tertiary/aromatic N) is 2. The molecule has 0 aliphatic heterocycles. The zero-order valence-electron chi connectivity index (χ0n) is 10.4. The average molecular weight is 332 g/mol. The van der Waals surface area contributed by atoms with Crippen LogP contribution in [0.15, 0.2) is 59.5 Å². The van der Waals surface area contributed by atoms with Gasteiger partial charge >= 0.3 is 0 Å². The average Bonchev–Trinajstić information content (AvgIpc) is 2.92. The van der Waals surface area contributed by atoms with Crippen LogP contribution in [0.2, 0.25) is 0 Å². The van der Waals surface area contributed by atoms with Crippen molar-refractivity contribution >= 4 is 21.6 Å².